The molecule has 0 amide bonds. The molecular formula is C9H13BrClN3O. The van der Waals surface area contributed by atoms with Crippen LogP contribution in [-0.4, -0.2) is 42.7 Å². The molecule has 0 aliphatic carbocycles. The van der Waals surface area contributed by atoms with E-state index in [1.54, 1.807) is 19.5 Å². The Labute approximate surface area is 103 Å². The summed E-state index contributed by atoms with van der Waals surface area (Å²) in [6, 6.07) is 0. The third-order valence-electron chi connectivity index (χ3n) is 1.81. The Morgan fingerprint density at radius 2 is 2.07 bits per heavy atom. The molecule has 0 saturated heterocycles. The van der Waals surface area contributed by atoms with Gasteiger partial charge in [0.1, 0.15) is 0 Å². The SMILES string of the molecule is COCCN(CCCl)c1ncc(Br)cn1. The minimum atomic E-state index is 0.545. The molecule has 84 valence electrons. The number of hydrogen-bond acceptors (Lipinski definition) is 4. The monoisotopic (exact) mass is 293 g/mol. The normalized spacial score (nSPS) is 10.3. The molecule has 0 spiro atoms. The fourth-order valence-corrected chi connectivity index (χ4v) is 1.49. The largest absolute Gasteiger partial charge is 0.383 e. The van der Waals surface area contributed by atoms with Crippen molar-refractivity contribution in [1.29, 1.82) is 0 Å². The Morgan fingerprint density at radius 1 is 1.40 bits per heavy atom. The minimum Gasteiger partial charge on any atom is -0.383 e. The Bertz CT molecular complexity index is 283. The van der Waals surface area contributed by atoms with Crippen molar-refractivity contribution >= 4 is 33.5 Å². The highest BCUT2D eigenvalue weighted by Gasteiger charge is 2.07. The summed E-state index contributed by atoms with van der Waals surface area (Å²) in [6.07, 6.45) is 3.44. The summed E-state index contributed by atoms with van der Waals surface area (Å²) >= 11 is 9.00. The van der Waals surface area contributed by atoms with E-state index in [9.17, 15) is 0 Å². The van der Waals surface area contributed by atoms with Gasteiger partial charge in [0.2, 0.25) is 5.95 Å². The van der Waals surface area contributed by atoms with Crippen LogP contribution >= 0.6 is 27.5 Å². The third-order valence-corrected chi connectivity index (χ3v) is 2.39. The summed E-state index contributed by atoms with van der Waals surface area (Å²) < 4.78 is 5.88. The topological polar surface area (TPSA) is 38.2 Å². The van der Waals surface area contributed by atoms with E-state index in [2.05, 4.69) is 25.9 Å². The van der Waals surface area contributed by atoms with Crippen LogP contribution in [0.1, 0.15) is 0 Å². The van der Waals surface area contributed by atoms with Gasteiger partial charge in [-0.25, -0.2) is 9.97 Å². The van der Waals surface area contributed by atoms with Crippen molar-refractivity contribution in [1.82, 2.24) is 9.97 Å². The summed E-state index contributed by atoms with van der Waals surface area (Å²) in [5, 5.41) is 0. The lowest BCUT2D eigenvalue weighted by molar-refractivity contribution is 0.205. The number of alkyl halides is 1. The van der Waals surface area contributed by atoms with Crippen LogP contribution in [-0.2, 0) is 4.74 Å². The van der Waals surface area contributed by atoms with Crippen molar-refractivity contribution < 1.29 is 4.74 Å². The number of rotatable bonds is 6. The van der Waals surface area contributed by atoms with Crippen molar-refractivity contribution in [3.05, 3.63) is 16.9 Å². The number of anilines is 1. The summed E-state index contributed by atoms with van der Waals surface area (Å²) in [4.78, 5) is 10.4. The second-order valence-corrected chi connectivity index (χ2v) is 4.16. The summed E-state index contributed by atoms with van der Waals surface area (Å²) in [6.45, 7) is 2.09. The van der Waals surface area contributed by atoms with Gasteiger partial charge in [-0.05, 0) is 15.9 Å². The van der Waals surface area contributed by atoms with Crippen LogP contribution in [0.15, 0.2) is 16.9 Å². The van der Waals surface area contributed by atoms with E-state index in [1.807, 2.05) is 4.90 Å². The molecule has 0 fully saturated rings. The second-order valence-electron chi connectivity index (χ2n) is 2.87. The van der Waals surface area contributed by atoms with E-state index in [4.69, 9.17) is 16.3 Å². The molecule has 0 aromatic carbocycles. The number of aromatic nitrogens is 2. The van der Waals surface area contributed by atoms with Gasteiger partial charge in [-0.3, -0.25) is 0 Å². The summed E-state index contributed by atoms with van der Waals surface area (Å²) in [5.41, 5.74) is 0. The van der Waals surface area contributed by atoms with Gasteiger partial charge >= 0.3 is 0 Å². The molecule has 0 saturated carbocycles. The highest BCUT2D eigenvalue weighted by molar-refractivity contribution is 9.10. The van der Waals surface area contributed by atoms with Crippen LogP contribution < -0.4 is 4.90 Å². The maximum Gasteiger partial charge on any atom is 0.225 e. The first kappa shape index (κ1) is 12.7. The van der Waals surface area contributed by atoms with Crippen molar-refractivity contribution in [3.8, 4) is 0 Å². The molecule has 0 bridgehead atoms. The molecule has 6 heteroatoms. The summed E-state index contributed by atoms with van der Waals surface area (Å²) in [5.74, 6) is 1.22. The lowest BCUT2D eigenvalue weighted by Crippen LogP contribution is -2.30. The van der Waals surface area contributed by atoms with Gasteiger partial charge in [-0.1, -0.05) is 0 Å². The van der Waals surface area contributed by atoms with Crippen molar-refractivity contribution in [2.45, 2.75) is 0 Å². The molecule has 0 radical (unpaired) electrons. The van der Waals surface area contributed by atoms with E-state index < -0.39 is 0 Å². The lowest BCUT2D eigenvalue weighted by atomic mass is 10.5. The number of ether oxygens (including phenoxy) is 1. The quantitative estimate of drug-likeness (QED) is 0.752. The van der Waals surface area contributed by atoms with E-state index in [0.29, 0.717) is 25.0 Å². The van der Waals surface area contributed by atoms with E-state index in [-0.39, 0.29) is 0 Å². The van der Waals surface area contributed by atoms with Gasteiger partial charge in [0.25, 0.3) is 0 Å². The molecule has 15 heavy (non-hydrogen) atoms. The first-order valence-electron chi connectivity index (χ1n) is 4.55. The third kappa shape index (κ3) is 4.32. The predicted octanol–water partition coefficient (Wildman–Crippen LogP) is 1.93. The maximum absolute atomic E-state index is 5.71. The van der Waals surface area contributed by atoms with Crippen LogP contribution in [0.4, 0.5) is 5.95 Å². The molecule has 0 aliphatic heterocycles. The van der Waals surface area contributed by atoms with E-state index in [0.717, 1.165) is 11.0 Å². The maximum atomic E-state index is 5.71. The van der Waals surface area contributed by atoms with Crippen LogP contribution in [0.5, 0.6) is 0 Å². The first-order valence-corrected chi connectivity index (χ1v) is 5.88. The number of methoxy groups -OCH3 is 1. The Balaban J connectivity index is 2.65. The lowest BCUT2D eigenvalue weighted by Gasteiger charge is -2.20. The Hall–Kier alpha value is -0.390. The summed E-state index contributed by atoms with van der Waals surface area (Å²) in [7, 11) is 1.67. The van der Waals surface area contributed by atoms with Crippen LogP contribution in [0.3, 0.4) is 0 Å². The highest BCUT2D eigenvalue weighted by Crippen LogP contribution is 2.10. The highest BCUT2D eigenvalue weighted by atomic mass is 79.9. The zero-order valence-corrected chi connectivity index (χ0v) is 10.8. The predicted molar refractivity (Wildman–Crippen MR) is 64.5 cm³/mol. The average Bonchev–Trinajstić information content (AvgIpc) is 2.25. The van der Waals surface area contributed by atoms with Gasteiger partial charge in [0.05, 0.1) is 11.1 Å². The fraction of sp³-hybridized carbons (Fsp3) is 0.556. The van der Waals surface area contributed by atoms with Gasteiger partial charge in [0.15, 0.2) is 0 Å². The van der Waals surface area contributed by atoms with Gasteiger partial charge in [-0.2, -0.15) is 0 Å². The van der Waals surface area contributed by atoms with E-state index in [1.165, 1.54) is 0 Å². The molecule has 0 aliphatic rings. The molecule has 1 rings (SSSR count). The molecule has 4 nitrogen and oxygen atoms in total. The zero-order valence-electron chi connectivity index (χ0n) is 8.49. The van der Waals surface area contributed by atoms with Crippen molar-refractivity contribution in [2.75, 3.05) is 37.6 Å². The van der Waals surface area contributed by atoms with Crippen LogP contribution in [0.25, 0.3) is 0 Å². The molecule has 1 aromatic heterocycles. The van der Waals surface area contributed by atoms with Gasteiger partial charge < -0.3 is 9.64 Å². The average molecular weight is 295 g/mol. The molecule has 0 unspecified atom stereocenters. The Kier molecular flexibility index (Phi) is 5.90. The second kappa shape index (κ2) is 6.98. The van der Waals surface area contributed by atoms with E-state index >= 15 is 0 Å². The number of halogens is 2. The zero-order chi connectivity index (χ0) is 11.1. The van der Waals surface area contributed by atoms with Gasteiger partial charge in [0, 0.05) is 38.5 Å². The Morgan fingerprint density at radius 3 is 2.60 bits per heavy atom. The fourth-order valence-electron chi connectivity index (χ4n) is 1.08. The first-order chi connectivity index (χ1) is 7.27. The molecule has 1 heterocycles. The molecular weight excluding hydrogens is 281 g/mol. The van der Waals surface area contributed by atoms with Gasteiger partial charge in [-0.15, -0.1) is 11.6 Å². The standard InChI is InChI=1S/C9H13BrClN3O/c1-15-5-4-14(3-2-11)9-12-6-8(10)7-13-9/h6-7H,2-5H2,1H3. The minimum absolute atomic E-state index is 0.545. The van der Waals surface area contributed by atoms with Crippen LogP contribution in [0.2, 0.25) is 0 Å². The smallest absolute Gasteiger partial charge is 0.225 e. The molecule has 0 N–H and O–H groups in total. The van der Waals surface area contributed by atoms with Crippen molar-refractivity contribution in [2.24, 2.45) is 0 Å². The van der Waals surface area contributed by atoms with Crippen LogP contribution in [0, 0.1) is 0 Å². The molecule has 1 aromatic rings. The van der Waals surface area contributed by atoms with Crippen molar-refractivity contribution in [3.63, 3.8) is 0 Å². The number of hydrogen-bond donors (Lipinski definition) is 0. The molecule has 0 atom stereocenters. The number of nitrogens with zero attached hydrogens (tertiary/aromatic N) is 3.